The van der Waals surface area contributed by atoms with Crippen molar-refractivity contribution >= 4 is 36.9 Å². The molecule has 0 bridgehead atoms. The van der Waals surface area contributed by atoms with Crippen LogP contribution in [0.15, 0.2) is 75.8 Å². The van der Waals surface area contributed by atoms with Gasteiger partial charge >= 0.3 is 0 Å². The van der Waals surface area contributed by atoms with Crippen molar-refractivity contribution in [2.24, 2.45) is 0 Å². The molecule has 0 fully saturated rings. The third-order valence-electron chi connectivity index (χ3n) is 3.53. The average molecular weight is 418 g/mol. The highest BCUT2D eigenvalue weighted by molar-refractivity contribution is 7.92. The molecule has 0 amide bonds. The molecule has 138 valence electrons. The molecule has 27 heavy (non-hydrogen) atoms. The molecule has 1 heterocycles. The Kier molecular flexibility index (Phi) is 5.37. The lowest BCUT2D eigenvalue weighted by molar-refractivity contribution is 0.597. The molecule has 0 atom stereocenters. The predicted octanol–water partition coefficient (Wildman–Crippen LogP) is 3.35. The van der Waals surface area contributed by atoms with E-state index in [1.807, 2.05) is 17.5 Å². The lowest BCUT2D eigenvalue weighted by Gasteiger charge is -2.09. The van der Waals surface area contributed by atoms with Gasteiger partial charge in [0.1, 0.15) is 0 Å². The minimum absolute atomic E-state index is 0.0232. The van der Waals surface area contributed by atoms with E-state index < -0.39 is 19.9 Å². The molecule has 0 saturated heterocycles. The number of nitrogens with one attached hydrogen (secondary N) is 1. The summed E-state index contributed by atoms with van der Waals surface area (Å²) in [6.45, 7) is 0. The summed E-state index contributed by atoms with van der Waals surface area (Å²) in [6, 6.07) is 15.7. The highest BCUT2D eigenvalue weighted by atomic mass is 32.2. The van der Waals surface area contributed by atoms with Crippen molar-refractivity contribution in [3.05, 3.63) is 76.5 Å². The van der Waals surface area contributed by atoms with E-state index in [0.717, 1.165) is 11.1 Å². The Labute approximate surface area is 162 Å². The Morgan fingerprint density at radius 3 is 2.19 bits per heavy atom. The Bertz CT molecular complexity index is 1220. The normalized spacial score (nSPS) is 11.4. The first-order chi connectivity index (χ1) is 12.7. The molecule has 0 saturated carbocycles. The molecule has 1 aromatic heterocycles. The number of anilines is 1. The fourth-order valence-electron chi connectivity index (χ4n) is 2.22. The zero-order chi connectivity index (χ0) is 19.5. The van der Waals surface area contributed by atoms with Gasteiger partial charge in [0.05, 0.1) is 20.4 Å². The summed E-state index contributed by atoms with van der Waals surface area (Å²) in [5, 5.41) is 1.93. The van der Waals surface area contributed by atoms with Gasteiger partial charge in [0.2, 0.25) is 0 Å². The molecule has 0 aliphatic heterocycles. The van der Waals surface area contributed by atoms with Crippen molar-refractivity contribution in [2.75, 3.05) is 11.0 Å². The van der Waals surface area contributed by atoms with Gasteiger partial charge in [-0.05, 0) is 53.9 Å². The van der Waals surface area contributed by atoms with Crippen LogP contribution in [0.25, 0.3) is 0 Å². The first kappa shape index (κ1) is 19.2. The molecule has 0 aliphatic rings. The number of sulfone groups is 1. The van der Waals surface area contributed by atoms with E-state index >= 15 is 0 Å². The van der Waals surface area contributed by atoms with Crippen LogP contribution < -0.4 is 4.72 Å². The van der Waals surface area contributed by atoms with Crippen LogP contribution in [0.4, 0.5) is 5.69 Å². The van der Waals surface area contributed by atoms with Crippen molar-refractivity contribution < 1.29 is 16.8 Å². The van der Waals surface area contributed by atoms with Crippen LogP contribution >= 0.6 is 11.3 Å². The maximum absolute atomic E-state index is 12.5. The maximum atomic E-state index is 12.5. The molecule has 0 radical (unpaired) electrons. The minimum atomic E-state index is -3.84. The van der Waals surface area contributed by atoms with E-state index in [1.54, 1.807) is 24.3 Å². The predicted molar refractivity (Wildman–Crippen MR) is 107 cm³/mol. The quantitative estimate of drug-likeness (QED) is 0.660. The Morgan fingerprint density at radius 1 is 0.852 bits per heavy atom. The second-order valence-electron chi connectivity index (χ2n) is 5.66. The van der Waals surface area contributed by atoms with Crippen molar-refractivity contribution in [1.82, 2.24) is 0 Å². The smallest absolute Gasteiger partial charge is 0.261 e. The molecule has 8 heteroatoms. The van der Waals surface area contributed by atoms with E-state index in [1.165, 1.54) is 35.6 Å². The third kappa shape index (κ3) is 4.98. The van der Waals surface area contributed by atoms with Gasteiger partial charge in [-0.2, -0.15) is 0 Å². The van der Waals surface area contributed by atoms with Crippen LogP contribution in [-0.2, 0) is 19.9 Å². The maximum Gasteiger partial charge on any atom is 0.261 e. The van der Waals surface area contributed by atoms with Gasteiger partial charge in [-0.15, -0.1) is 11.3 Å². The summed E-state index contributed by atoms with van der Waals surface area (Å²) in [6.07, 6.45) is 1.07. The van der Waals surface area contributed by atoms with Gasteiger partial charge in [0.15, 0.2) is 9.84 Å². The summed E-state index contributed by atoms with van der Waals surface area (Å²) in [4.78, 5) is 0.962. The van der Waals surface area contributed by atoms with Crippen molar-refractivity contribution in [2.45, 2.75) is 9.79 Å². The topological polar surface area (TPSA) is 80.3 Å². The molecule has 5 nitrogen and oxygen atoms in total. The molecule has 1 N–H and O–H groups in total. The standard InChI is InChI=1S/C19H15NO4S3/c1-26(21,22)18-9-11-19(12-10-18)27(23,24)20-16-5-2-4-15(14-16)7-8-17-6-3-13-25-17/h2-6,9-14,20H,1H3. The van der Waals surface area contributed by atoms with Crippen LogP contribution in [0.1, 0.15) is 10.4 Å². The summed E-state index contributed by atoms with van der Waals surface area (Å²) in [5.41, 5.74) is 1.05. The lowest BCUT2D eigenvalue weighted by Crippen LogP contribution is -2.13. The van der Waals surface area contributed by atoms with Crippen molar-refractivity contribution in [3.8, 4) is 11.8 Å². The molecular formula is C19H15NO4S3. The summed E-state index contributed by atoms with van der Waals surface area (Å²) >= 11 is 1.53. The van der Waals surface area contributed by atoms with Gasteiger partial charge < -0.3 is 0 Å². The number of thiophene rings is 1. The fourth-order valence-corrected chi connectivity index (χ4v) is 4.47. The Morgan fingerprint density at radius 2 is 1.56 bits per heavy atom. The minimum Gasteiger partial charge on any atom is -0.280 e. The van der Waals surface area contributed by atoms with Crippen molar-refractivity contribution in [1.29, 1.82) is 0 Å². The van der Waals surface area contributed by atoms with Crippen LogP contribution in [0, 0.1) is 11.8 Å². The van der Waals surface area contributed by atoms with E-state index in [-0.39, 0.29) is 9.79 Å². The van der Waals surface area contributed by atoms with Crippen LogP contribution in [0.2, 0.25) is 0 Å². The number of hydrogen-bond donors (Lipinski definition) is 1. The van der Waals surface area contributed by atoms with E-state index in [2.05, 4.69) is 16.6 Å². The average Bonchev–Trinajstić information content (AvgIpc) is 3.13. The van der Waals surface area contributed by atoms with Crippen LogP contribution in [0.3, 0.4) is 0 Å². The second-order valence-corrected chi connectivity index (χ2v) is 10.3. The van der Waals surface area contributed by atoms with Gasteiger partial charge in [-0.1, -0.05) is 24.0 Å². The Hall–Kier alpha value is -2.60. The molecule has 0 aliphatic carbocycles. The van der Waals surface area contributed by atoms with E-state index in [0.29, 0.717) is 11.3 Å². The highest BCUT2D eigenvalue weighted by Crippen LogP contribution is 2.19. The van der Waals surface area contributed by atoms with Gasteiger partial charge in [0.25, 0.3) is 10.0 Å². The molecule has 3 aromatic rings. The summed E-state index contributed by atoms with van der Waals surface area (Å²) < 4.78 is 50.5. The molecule has 0 spiro atoms. The highest BCUT2D eigenvalue weighted by Gasteiger charge is 2.16. The fraction of sp³-hybridized carbons (Fsp3) is 0.0526. The number of benzene rings is 2. The number of hydrogen-bond acceptors (Lipinski definition) is 5. The van der Waals surface area contributed by atoms with E-state index in [4.69, 9.17) is 0 Å². The first-order valence-corrected chi connectivity index (χ1v) is 12.0. The lowest BCUT2D eigenvalue weighted by atomic mass is 10.2. The molecule has 2 aromatic carbocycles. The molecule has 3 rings (SSSR count). The van der Waals surface area contributed by atoms with Crippen molar-refractivity contribution in [3.63, 3.8) is 0 Å². The zero-order valence-electron chi connectivity index (χ0n) is 14.2. The Balaban J connectivity index is 1.83. The van der Waals surface area contributed by atoms with Crippen LogP contribution in [-0.4, -0.2) is 23.1 Å². The number of rotatable bonds is 4. The third-order valence-corrected chi connectivity index (χ3v) is 6.84. The van der Waals surface area contributed by atoms with Crippen LogP contribution in [0.5, 0.6) is 0 Å². The van der Waals surface area contributed by atoms with E-state index in [9.17, 15) is 16.8 Å². The SMILES string of the molecule is CS(=O)(=O)c1ccc(S(=O)(=O)Nc2cccc(C#Cc3cccs3)c2)cc1. The van der Waals surface area contributed by atoms with Gasteiger partial charge in [-0.3, -0.25) is 4.72 Å². The zero-order valence-corrected chi connectivity index (χ0v) is 16.7. The largest absolute Gasteiger partial charge is 0.280 e. The summed E-state index contributed by atoms with van der Waals surface area (Å²) in [7, 11) is -7.23. The van der Waals surface area contributed by atoms with Gasteiger partial charge in [-0.25, -0.2) is 16.8 Å². The second kappa shape index (κ2) is 7.56. The first-order valence-electron chi connectivity index (χ1n) is 7.73. The molecule has 0 unspecified atom stereocenters. The van der Waals surface area contributed by atoms with Gasteiger partial charge in [0, 0.05) is 11.8 Å². The molecular weight excluding hydrogens is 402 g/mol. The number of sulfonamides is 1. The monoisotopic (exact) mass is 417 g/mol. The summed E-state index contributed by atoms with van der Waals surface area (Å²) in [5.74, 6) is 6.01.